The molecule has 3 amide bonds. The summed E-state index contributed by atoms with van der Waals surface area (Å²) < 4.78 is 0. The van der Waals surface area contributed by atoms with Crippen LogP contribution in [0, 0.1) is 0 Å². The molecule has 13 nitrogen and oxygen atoms in total. The zero-order valence-electron chi connectivity index (χ0n) is 17.6. The van der Waals surface area contributed by atoms with E-state index in [2.05, 4.69) is 20.6 Å². The molecule has 2 heterocycles. The molecule has 0 aromatic carbocycles. The number of carbonyl (C=O) groups is 5. The van der Waals surface area contributed by atoms with Crippen molar-refractivity contribution in [2.75, 3.05) is 6.54 Å². The van der Waals surface area contributed by atoms with E-state index in [-0.39, 0.29) is 12.8 Å². The Balaban J connectivity index is 2.05. The molecular weight excluding hydrogens is 424 g/mol. The fraction of sp³-hybridized carbons (Fsp3) is 0.579. The molecule has 32 heavy (non-hydrogen) atoms. The first-order chi connectivity index (χ1) is 15.1. The van der Waals surface area contributed by atoms with Gasteiger partial charge in [0.1, 0.15) is 18.1 Å². The Morgan fingerprint density at radius 2 is 2.00 bits per heavy atom. The number of nitrogens with two attached hydrogens (primary N) is 1. The second kappa shape index (κ2) is 11.2. The number of nitrogens with one attached hydrogen (secondary N) is 3. The van der Waals surface area contributed by atoms with Crippen molar-refractivity contribution in [2.45, 2.75) is 63.2 Å². The number of likely N-dealkylation sites (tertiary alicyclic amines) is 1. The maximum atomic E-state index is 12.9. The van der Waals surface area contributed by atoms with Gasteiger partial charge in [-0.3, -0.25) is 24.0 Å². The normalized spacial score (nSPS) is 18.4. The van der Waals surface area contributed by atoms with Gasteiger partial charge in [-0.15, -0.1) is 0 Å². The number of aromatic amines is 1. The van der Waals surface area contributed by atoms with Crippen LogP contribution in [0.2, 0.25) is 0 Å². The fourth-order valence-corrected chi connectivity index (χ4v) is 3.42. The lowest BCUT2D eigenvalue weighted by Crippen LogP contribution is -2.56. The van der Waals surface area contributed by atoms with E-state index in [1.807, 2.05) is 0 Å². The van der Waals surface area contributed by atoms with Gasteiger partial charge in [-0.2, -0.15) is 0 Å². The monoisotopic (exact) mass is 452 g/mol. The van der Waals surface area contributed by atoms with Crippen molar-refractivity contribution in [3.63, 3.8) is 0 Å². The number of hydrogen-bond donors (Lipinski definition) is 6. The Bertz CT molecular complexity index is 843. The molecule has 2 rings (SSSR count). The summed E-state index contributed by atoms with van der Waals surface area (Å²) in [6.45, 7) is 1.56. The summed E-state index contributed by atoms with van der Waals surface area (Å²) in [5.41, 5.74) is 6.68. The summed E-state index contributed by atoms with van der Waals surface area (Å²) in [5, 5.41) is 22.6. The van der Waals surface area contributed by atoms with Crippen LogP contribution in [-0.4, -0.2) is 85.5 Å². The molecule has 0 spiro atoms. The van der Waals surface area contributed by atoms with Crippen molar-refractivity contribution in [1.82, 2.24) is 25.5 Å². The lowest BCUT2D eigenvalue weighted by molar-refractivity contribution is -0.143. The van der Waals surface area contributed by atoms with E-state index in [0.717, 1.165) is 0 Å². The maximum absolute atomic E-state index is 12.9. The van der Waals surface area contributed by atoms with Crippen molar-refractivity contribution in [2.24, 2.45) is 5.73 Å². The summed E-state index contributed by atoms with van der Waals surface area (Å²) in [5.74, 6) is -4.33. The quantitative estimate of drug-likeness (QED) is 0.224. The number of carboxylic acid groups (broad SMARTS) is 2. The van der Waals surface area contributed by atoms with E-state index in [0.29, 0.717) is 25.1 Å². The van der Waals surface area contributed by atoms with Crippen LogP contribution in [0.5, 0.6) is 0 Å². The van der Waals surface area contributed by atoms with E-state index < -0.39 is 60.2 Å². The number of nitrogens with zero attached hydrogens (tertiary/aromatic N) is 2. The minimum atomic E-state index is -1.28. The van der Waals surface area contributed by atoms with Gasteiger partial charge in [0, 0.05) is 31.3 Å². The van der Waals surface area contributed by atoms with E-state index in [4.69, 9.17) is 15.9 Å². The number of amides is 3. The average Bonchev–Trinajstić information content (AvgIpc) is 3.41. The Morgan fingerprint density at radius 1 is 1.28 bits per heavy atom. The highest BCUT2D eigenvalue weighted by Crippen LogP contribution is 2.19. The molecular formula is C19H28N6O7. The molecule has 1 aromatic heterocycles. The lowest BCUT2D eigenvalue weighted by Gasteiger charge is -2.28. The van der Waals surface area contributed by atoms with E-state index >= 15 is 0 Å². The van der Waals surface area contributed by atoms with Crippen molar-refractivity contribution in [3.8, 4) is 0 Å². The molecule has 0 saturated carbocycles. The Morgan fingerprint density at radius 3 is 2.59 bits per heavy atom. The third kappa shape index (κ3) is 6.77. The summed E-state index contributed by atoms with van der Waals surface area (Å²) in [4.78, 5) is 68.1. The highest BCUT2D eigenvalue weighted by molar-refractivity contribution is 5.94. The summed E-state index contributed by atoms with van der Waals surface area (Å²) in [7, 11) is 0. The minimum Gasteiger partial charge on any atom is -0.481 e. The third-order valence-corrected chi connectivity index (χ3v) is 5.16. The van der Waals surface area contributed by atoms with E-state index in [9.17, 15) is 24.0 Å². The lowest BCUT2D eigenvalue weighted by atomic mass is 10.1. The van der Waals surface area contributed by atoms with Crippen molar-refractivity contribution < 1.29 is 34.2 Å². The second-order valence-corrected chi connectivity index (χ2v) is 7.64. The number of imidazole rings is 1. The molecule has 1 saturated heterocycles. The van der Waals surface area contributed by atoms with Gasteiger partial charge in [0.05, 0.1) is 12.4 Å². The predicted octanol–water partition coefficient (Wildman–Crippen LogP) is -1.79. The van der Waals surface area contributed by atoms with Crippen LogP contribution < -0.4 is 16.4 Å². The first-order valence-corrected chi connectivity index (χ1v) is 10.2. The van der Waals surface area contributed by atoms with Crippen LogP contribution in [0.1, 0.15) is 38.3 Å². The Labute approximate surface area is 183 Å². The Kier molecular flexibility index (Phi) is 8.70. The van der Waals surface area contributed by atoms with Gasteiger partial charge in [0.2, 0.25) is 17.7 Å². The molecule has 0 bridgehead atoms. The topological polar surface area (TPSA) is 208 Å². The van der Waals surface area contributed by atoms with Gasteiger partial charge < -0.3 is 36.5 Å². The molecule has 13 heteroatoms. The number of aromatic nitrogens is 2. The highest BCUT2D eigenvalue weighted by Gasteiger charge is 2.38. The maximum Gasteiger partial charge on any atom is 0.325 e. The van der Waals surface area contributed by atoms with Gasteiger partial charge >= 0.3 is 11.9 Å². The summed E-state index contributed by atoms with van der Waals surface area (Å²) in [6.07, 6.45) is 3.48. The summed E-state index contributed by atoms with van der Waals surface area (Å²) in [6, 6.07) is -4.26. The van der Waals surface area contributed by atoms with Crippen LogP contribution in [-0.2, 0) is 30.4 Å². The number of hydrogen-bond acceptors (Lipinski definition) is 7. The van der Waals surface area contributed by atoms with Gasteiger partial charge in [0.25, 0.3) is 0 Å². The largest absolute Gasteiger partial charge is 0.481 e. The average molecular weight is 452 g/mol. The molecule has 0 aliphatic carbocycles. The number of carboxylic acids is 2. The van der Waals surface area contributed by atoms with E-state index in [1.165, 1.54) is 18.2 Å². The van der Waals surface area contributed by atoms with Crippen LogP contribution >= 0.6 is 0 Å². The van der Waals surface area contributed by atoms with Crippen molar-refractivity contribution in [1.29, 1.82) is 0 Å². The first kappa shape index (κ1) is 24.8. The summed E-state index contributed by atoms with van der Waals surface area (Å²) >= 11 is 0. The molecule has 4 atom stereocenters. The predicted molar refractivity (Wildman–Crippen MR) is 109 cm³/mol. The Hall–Kier alpha value is -3.48. The zero-order chi connectivity index (χ0) is 23.8. The van der Waals surface area contributed by atoms with Gasteiger partial charge in [-0.05, 0) is 26.2 Å². The number of aliphatic carboxylic acids is 2. The second-order valence-electron chi connectivity index (χ2n) is 7.64. The van der Waals surface area contributed by atoms with E-state index in [1.54, 1.807) is 6.20 Å². The van der Waals surface area contributed by atoms with Crippen LogP contribution in [0.4, 0.5) is 0 Å². The third-order valence-electron chi connectivity index (χ3n) is 5.16. The molecule has 0 radical (unpaired) electrons. The van der Waals surface area contributed by atoms with Crippen molar-refractivity contribution >= 4 is 29.7 Å². The molecule has 7 N–H and O–H groups in total. The molecule has 1 aliphatic rings. The van der Waals surface area contributed by atoms with Gasteiger partial charge in [-0.25, -0.2) is 4.98 Å². The molecule has 1 aliphatic heterocycles. The number of H-pyrrole nitrogens is 1. The number of rotatable bonds is 11. The molecule has 1 fully saturated rings. The molecule has 176 valence electrons. The van der Waals surface area contributed by atoms with Crippen LogP contribution in [0.25, 0.3) is 0 Å². The van der Waals surface area contributed by atoms with Crippen molar-refractivity contribution in [3.05, 3.63) is 18.2 Å². The SMILES string of the molecule is CC(NC(=O)C(CCC(=O)O)NC(=O)C1CCCN1C(=O)C(N)Cc1cnc[nH]1)C(=O)O. The van der Waals surface area contributed by atoms with Gasteiger partial charge in [-0.1, -0.05) is 0 Å². The molecule has 1 aromatic rings. The van der Waals surface area contributed by atoms with Crippen LogP contribution in [0.3, 0.4) is 0 Å². The smallest absolute Gasteiger partial charge is 0.325 e. The first-order valence-electron chi connectivity index (χ1n) is 10.2. The highest BCUT2D eigenvalue weighted by atomic mass is 16.4. The van der Waals surface area contributed by atoms with Gasteiger partial charge in [0.15, 0.2) is 0 Å². The fourth-order valence-electron chi connectivity index (χ4n) is 3.42. The standard InChI is InChI=1S/C19H28N6O7/c1-10(19(31)32)23-16(28)13(4-5-15(26)27)24-17(29)14-3-2-6-25(14)18(30)12(20)7-11-8-21-9-22-11/h8-10,12-14H,2-7,20H2,1H3,(H,21,22)(H,23,28)(H,24,29)(H,26,27)(H,31,32). The number of carbonyl (C=O) groups excluding carboxylic acids is 3. The zero-order valence-corrected chi connectivity index (χ0v) is 17.6. The molecule has 4 unspecified atom stereocenters. The minimum absolute atomic E-state index is 0.209. The van der Waals surface area contributed by atoms with Crippen LogP contribution in [0.15, 0.2) is 12.5 Å².